The monoisotopic (exact) mass is 241 g/mol. The van der Waals surface area contributed by atoms with E-state index in [4.69, 9.17) is 0 Å². The maximum absolute atomic E-state index is 3.78. The molecule has 0 rings (SSSR count). The molecule has 0 fully saturated rings. The van der Waals surface area contributed by atoms with E-state index in [1.807, 2.05) is 0 Å². The van der Waals surface area contributed by atoms with Crippen LogP contribution < -0.4 is 5.32 Å². The molecule has 0 spiro atoms. The van der Waals surface area contributed by atoms with E-state index in [0.717, 1.165) is 12.0 Å². The molecule has 0 aromatic rings. The fraction of sp³-hybridized carbons (Fsp3) is 1.00. The van der Waals surface area contributed by atoms with Gasteiger partial charge in [0.05, 0.1) is 0 Å². The molecule has 0 radical (unpaired) electrons. The molecule has 104 valence electrons. The van der Waals surface area contributed by atoms with Gasteiger partial charge in [0.25, 0.3) is 0 Å². The predicted molar refractivity (Wildman–Crippen MR) is 79.5 cm³/mol. The SMILES string of the molecule is CCCCCNC(CC)[C@@H](CC)CCCCC. The molecule has 0 saturated carbocycles. The number of hydrogen-bond acceptors (Lipinski definition) is 1. The smallest absolute Gasteiger partial charge is 0.00925 e. The first-order valence-corrected chi connectivity index (χ1v) is 8.03. The van der Waals surface area contributed by atoms with Crippen molar-refractivity contribution in [3.63, 3.8) is 0 Å². The van der Waals surface area contributed by atoms with Gasteiger partial charge in [-0.25, -0.2) is 0 Å². The summed E-state index contributed by atoms with van der Waals surface area (Å²) in [6.45, 7) is 10.5. The van der Waals surface area contributed by atoms with Crippen molar-refractivity contribution in [3.05, 3.63) is 0 Å². The zero-order valence-electron chi connectivity index (χ0n) is 12.7. The zero-order valence-corrected chi connectivity index (χ0v) is 12.7. The van der Waals surface area contributed by atoms with Crippen LogP contribution in [0.25, 0.3) is 0 Å². The average molecular weight is 241 g/mol. The number of nitrogens with one attached hydrogen (secondary N) is 1. The van der Waals surface area contributed by atoms with Crippen molar-refractivity contribution in [2.45, 2.75) is 91.5 Å². The molecule has 0 heterocycles. The number of unbranched alkanes of at least 4 members (excludes halogenated alkanes) is 4. The van der Waals surface area contributed by atoms with Crippen LogP contribution in [-0.4, -0.2) is 12.6 Å². The molecule has 1 nitrogen and oxygen atoms in total. The van der Waals surface area contributed by atoms with Gasteiger partial charge < -0.3 is 5.32 Å². The first-order chi connectivity index (χ1) is 8.29. The van der Waals surface area contributed by atoms with Crippen LogP contribution in [0, 0.1) is 5.92 Å². The van der Waals surface area contributed by atoms with Gasteiger partial charge in [0, 0.05) is 6.04 Å². The number of hydrogen-bond donors (Lipinski definition) is 1. The van der Waals surface area contributed by atoms with Crippen molar-refractivity contribution < 1.29 is 0 Å². The summed E-state index contributed by atoms with van der Waals surface area (Å²) in [4.78, 5) is 0. The lowest BCUT2D eigenvalue weighted by molar-refractivity contribution is 0.306. The molecular weight excluding hydrogens is 206 g/mol. The Hall–Kier alpha value is -0.0400. The van der Waals surface area contributed by atoms with Crippen molar-refractivity contribution in [2.24, 2.45) is 5.92 Å². The van der Waals surface area contributed by atoms with E-state index in [0.29, 0.717) is 0 Å². The highest BCUT2D eigenvalue weighted by Crippen LogP contribution is 2.19. The third-order valence-corrected chi connectivity index (χ3v) is 3.90. The molecule has 1 unspecified atom stereocenters. The van der Waals surface area contributed by atoms with Crippen LogP contribution in [0.4, 0.5) is 0 Å². The summed E-state index contributed by atoms with van der Waals surface area (Å²) in [6, 6.07) is 0.758. The topological polar surface area (TPSA) is 12.0 Å². The van der Waals surface area contributed by atoms with Crippen LogP contribution in [0.1, 0.15) is 85.5 Å². The van der Waals surface area contributed by atoms with Gasteiger partial charge in [-0.2, -0.15) is 0 Å². The van der Waals surface area contributed by atoms with Crippen molar-refractivity contribution in [3.8, 4) is 0 Å². The molecule has 0 saturated heterocycles. The molecule has 2 atom stereocenters. The molecule has 1 heteroatoms. The molecular formula is C16H35N. The highest BCUT2D eigenvalue weighted by atomic mass is 14.9. The maximum atomic E-state index is 3.78. The van der Waals surface area contributed by atoms with E-state index in [1.54, 1.807) is 0 Å². The van der Waals surface area contributed by atoms with E-state index in [1.165, 1.54) is 64.3 Å². The van der Waals surface area contributed by atoms with Crippen molar-refractivity contribution in [1.82, 2.24) is 5.32 Å². The van der Waals surface area contributed by atoms with Crippen LogP contribution in [0.5, 0.6) is 0 Å². The normalized spacial score (nSPS) is 14.8. The van der Waals surface area contributed by atoms with Crippen molar-refractivity contribution in [1.29, 1.82) is 0 Å². The van der Waals surface area contributed by atoms with Gasteiger partial charge in [-0.05, 0) is 31.7 Å². The second kappa shape index (κ2) is 12.4. The Morgan fingerprint density at radius 1 is 0.765 bits per heavy atom. The lowest BCUT2D eigenvalue weighted by atomic mass is 9.89. The first kappa shape index (κ1) is 17.0. The van der Waals surface area contributed by atoms with Gasteiger partial charge in [0.1, 0.15) is 0 Å². The van der Waals surface area contributed by atoms with Gasteiger partial charge in [0.15, 0.2) is 0 Å². The Morgan fingerprint density at radius 3 is 1.94 bits per heavy atom. The van der Waals surface area contributed by atoms with Crippen LogP contribution in [0.3, 0.4) is 0 Å². The Morgan fingerprint density at radius 2 is 1.41 bits per heavy atom. The Labute approximate surface area is 110 Å². The van der Waals surface area contributed by atoms with Crippen LogP contribution in [0.2, 0.25) is 0 Å². The summed E-state index contributed by atoms with van der Waals surface area (Å²) in [7, 11) is 0. The lowest BCUT2D eigenvalue weighted by Gasteiger charge is -2.26. The highest BCUT2D eigenvalue weighted by molar-refractivity contribution is 4.74. The molecule has 1 N–H and O–H groups in total. The third-order valence-electron chi connectivity index (χ3n) is 3.90. The second-order valence-electron chi connectivity index (χ2n) is 5.34. The summed E-state index contributed by atoms with van der Waals surface area (Å²) in [5.41, 5.74) is 0. The van der Waals surface area contributed by atoms with Crippen LogP contribution >= 0.6 is 0 Å². The van der Waals surface area contributed by atoms with Gasteiger partial charge in [-0.15, -0.1) is 0 Å². The van der Waals surface area contributed by atoms with Crippen LogP contribution in [0.15, 0.2) is 0 Å². The summed E-state index contributed by atoms with van der Waals surface area (Å²) in [5.74, 6) is 0.896. The van der Waals surface area contributed by atoms with Crippen LogP contribution in [-0.2, 0) is 0 Å². The molecule has 17 heavy (non-hydrogen) atoms. The third kappa shape index (κ3) is 8.65. The minimum Gasteiger partial charge on any atom is -0.314 e. The summed E-state index contributed by atoms with van der Waals surface area (Å²) in [6.07, 6.45) is 12.3. The maximum Gasteiger partial charge on any atom is 0.00925 e. The largest absolute Gasteiger partial charge is 0.314 e. The highest BCUT2D eigenvalue weighted by Gasteiger charge is 2.16. The van der Waals surface area contributed by atoms with E-state index < -0.39 is 0 Å². The van der Waals surface area contributed by atoms with Gasteiger partial charge in [-0.1, -0.05) is 66.2 Å². The Balaban J connectivity index is 3.83. The fourth-order valence-electron chi connectivity index (χ4n) is 2.65. The predicted octanol–water partition coefficient (Wildman–Crippen LogP) is 5.15. The molecule has 0 aromatic carbocycles. The lowest BCUT2D eigenvalue weighted by Crippen LogP contribution is -2.36. The standard InChI is InChI=1S/C16H35N/c1-5-9-11-13-15(7-3)16(8-4)17-14-12-10-6-2/h15-17H,5-14H2,1-4H3/t15-,16?/m0/s1. The fourth-order valence-corrected chi connectivity index (χ4v) is 2.65. The first-order valence-electron chi connectivity index (χ1n) is 8.03. The Bertz CT molecular complexity index is 144. The number of rotatable bonds is 12. The van der Waals surface area contributed by atoms with E-state index in [2.05, 4.69) is 33.0 Å². The average Bonchev–Trinajstić information content (AvgIpc) is 2.36. The zero-order chi connectivity index (χ0) is 12.9. The van der Waals surface area contributed by atoms with E-state index in [9.17, 15) is 0 Å². The second-order valence-corrected chi connectivity index (χ2v) is 5.34. The van der Waals surface area contributed by atoms with Gasteiger partial charge in [-0.3, -0.25) is 0 Å². The van der Waals surface area contributed by atoms with Crippen molar-refractivity contribution in [2.75, 3.05) is 6.54 Å². The van der Waals surface area contributed by atoms with E-state index >= 15 is 0 Å². The summed E-state index contributed by atoms with van der Waals surface area (Å²) >= 11 is 0. The Kier molecular flexibility index (Phi) is 12.4. The minimum absolute atomic E-state index is 0.758. The molecule has 0 aliphatic heterocycles. The van der Waals surface area contributed by atoms with Crippen molar-refractivity contribution >= 4 is 0 Å². The summed E-state index contributed by atoms with van der Waals surface area (Å²) in [5, 5.41) is 3.78. The van der Waals surface area contributed by atoms with Gasteiger partial charge in [0.2, 0.25) is 0 Å². The molecule has 0 aromatic heterocycles. The quantitative estimate of drug-likeness (QED) is 0.466. The summed E-state index contributed by atoms with van der Waals surface area (Å²) < 4.78 is 0. The van der Waals surface area contributed by atoms with Gasteiger partial charge >= 0.3 is 0 Å². The molecule has 0 amide bonds. The molecule has 0 aliphatic rings. The molecule has 0 bridgehead atoms. The van der Waals surface area contributed by atoms with E-state index in [-0.39, 0.29) is 0 Å². The minimum atomic E-state index is 0.758. The molecule has 0 aliphatic carbocycles.